The SMILES string of the molecule is OCCNCCNc1ccc2c(c1)COC1(CCN(C3CCC3)CC1)O2. The Morgan fingerprint density at radius 3 is 2.73 bits per heavy atom. The van der Waals surface area contributed by atoms with Crippen molar-refractivity contribution in [3.05, 3.63) is 23.8 Å². The van der Waals surface area contributed by atoms with Crippen LogP contribution in [0.2, 0.25) is 0 Å². The number of ether oxygens (including phenoxy) is 2. The summed E-state index contributed by atoms with van der Waals surface area (Å²) in [6.07, 6.45) is 6.03. The second-order valence-corrected chi connectivity index (χ2v) is 7.65. The summed E-state index contributed by atoms with van der Waals surface area (Å²) in [4.78, 5) is 2.62. The summed E-state index contributed by atoms with van der Waals surface area (Å²) in [6.45, 7) is 5.24. The predicted octanol–water partition coefficient (Wildman–Crippen LogP) is 1.93. The van der Waals surface area contributed by atoms with Gasteiger partial charge in [-0.25, -0.2) is 0 Å². The molecule has 6 heteroatoms. The fourth-order valence-electron chi connectivity index (χ4n) is 4.07. The van der Waals surface area contributed by atoms with Crippen molar-refractivity contribution in [1.29, 1.82) is 0 Å². The topological polar surface area (TPSA) is 66.0 Å². The van der Waals surface area contributed by atoms with E-state index in [-0.39, 0.29) is 6.61 Å². The van der Waals surface area contributed by atoms with Gasteiger partial charge in [0.2, 0.25) is 5.79 Å². The van der Waals surface area contributed by atoms with E-state index in [1.54, 1.807) is 0 Å². The molecule has 2 fully saturated rings. The molecule has 1 aromatic rings. The van der Waals surface area contributed by atoms with E-state index in [9.17, 15) is 0 Å². The molecule has 0 atom stereocenters. The van der Waals surface area contributed by atoms with Crippen LogP contribution in [0, 0.1) is 0 Å². The number of nitrogens with one attached hydrogen (secondary N) is 2. The van der Waals surface area contributed by atoms with Gasteiger partial charge in [-0.05, 0) is 31.0 Å². The summed E-state index contributed by atoms with van der Waals surface area (Å²) in [5.74, 6) is 0.549. The molecule has 26 heavy (non-hydrogen) atoms. The van der Waals surface area contributed by atoms with Gasteiger partial charge in [0.1, 0.15) is 5.75 Å². The predicted molar refractivity (Wildman–Crippen MR) is 101 cm³/mol. The number of hydrogen-bond acceptors (Lipinski definition) is 6. The fourth-order valence-corrected chi connectivity index (χ4v) is 4.07. The van der Waals surface area contributed by atoms with E-state index in [2.05, 4.69) is 33.7 Å². The standard InChI is InChI=1S/C20H31N3O3/c24-13-10-21-8-9-22-17-4-5-19-16(14-17)15-25-20(26-19)6-11-23(12-7-20)18-2-1-3-18/h4-5,14,18,21-22,24H,1-3,6-13,15H2. The Bertz CT molecular complexity index is 598. The van der Waals surface area contributed by atoms with Crippen molar-refractivity contribution in [3.8, 4) is 5.75 Å². The lowest BCUT2D eigenvalue weighted by Gasteiger charge is -2.47. The van der Waals surface area contributed by atoms with E-state index >= 15 is 0 Å². The van der Waals surface area contributed by atoms with E-state index in [1.165, 1.54) is 19.3 Å². The zero-order chi connectivity index (χ0) is 17.8. The number of aliphatic hydroxyl groups is 1. The highest BCUT2D eigenvalue weighted by molar-refractivity contribution is 5.51. The Hall–Kier alpha value is -1.34. The fraction of sp³-hybridized carbons (Fsp3) is 0.700. The number of anilines is 1. The van der Waals surface area contributed by atoms with E-state index in [1.807, 2.05) is 0 Å². The maximum absolute atomic E-state index is 8.76. The number of aliphatic hydroxyl groups excluding tert-OH is 1. The summed E-state index contributed by atoms with van der Waals surface area (Å²) >= 11 is 0. The minimum absolute atomic E-state index is 0.174. The largest absolute Gasteiger partial charge is 0.462 e. The molecule has 0 aromatic heterocycles. The number of piperidine rings is 1. The Balaban J connectivity index is 1.30. The van der Waals surface area contributed by atoms with E-state index in [0.717, 1.165) is 62.1 Å². The molecule has 2 heterocycles. The van der Waals surface area contributed by atoms with Crippen LogP contribution in [-0.4, -0.2) is 61.2 Å². The van der Waals surface area contributed by atoms with Gasteiger partial charge in [-0.15, -0.1) is 0 Å². The van der Waals surface area contributed by atoms with E-state index < -0.39 is 5.79 Å². The van der Waals surface area contributed by atoms with E-state index in [0.29, 0.717) is 13.2 Å². The van der Waals surface area contributed by atoms with Crippen molar-refractivity contribution < 1.29 is 14.6 Å². The van der Waals surface area contributed by atoms with Gasteiger partial charge in [-0.3, -0.25) is 4.90 Å². The molecule has 0 amide bonds. The first-order valence-electron chi connectivity index (χ1n) is 10.0. The molecular weight excluding hydrogens is 330 g/mol. The summed E-state index contributed by atoms with van der Waals surface area (Å²) in [7, 11) is 0. The average Bonchev–Trinajstić information content (AvgIpc) is 2.62. The van der Waals surface area contributed by atoms with Crippen molar-refractivity contribution in [2.24, 2.45) is 0 Å². The van der Waals surface area contributed by atoms with Gasteiger partial charge >= 0.3 is 0 Å². The molecule has 1 aromatic carbocycles. The third-order valence-corrected chi connectivity index (χ3v) is 5.92. The minimum atomic E-state index is -0.420. The quantitative estimate of drug-likeness (QED) is 0.645. The van der Waals surface area contributed by atoms with Crippen LogP contribution in [0.1, 0.15) is 37.7 Å². The second-order valence-electron chi connectivity index (χ2n) is 7.65. The third kappa shape index (κ3) is 3.98. The molecular formula is C20H31N3O3. The molecule has 1 aliphatic carbocycles. The maximum atomic E-state index is 8.76. The smallest absolute Gasteiger partial charge is 0.213 e. The summed E-state index contributed by atoms with van der Waals surface area (Å²) in [5, 5.41) is 15.3. The Morgan fingerprint density at radius 2 is 2.00 bits per heavy atom. The van der Waals surface area contributed by atoms with Gasteiger partial charge < -0.3 is 25.2 Å². The summed E-state index contributed by atoms with van der Waals surface area (Å²) in [6, 6.07) is 7.08. The molecule has 3 aliphatic rings. The molecule has 0 bridgehead atoms. The van der Waals surface area contributed by atoms with Gasteiger partial charge in [-0.2, -0.15) is 0 Å². The first-order valence-corrected chi connectivity index (χ1v) is 10.0. The molecule has 0 unspecified atom stereocenters. The summed E-state index contributed by atoms with van der Waals surface area (Å²) < 4.78 is 12.5. The Kier molecular flexibility index (Phi) is 5.64. The lowest BCUT2D eigenvalue weighted by molar-refractivity contribution is -0.231. The minimum Gasteiger partial charge on any atom is -0.462 e. The maximum Gasteiger partial charge on any atom is 0.213 e. The van der Waals surface area contributed by atoms with Gasteiger partial charge in [0.15, 0.2) is 0 Å². The lowest BCUT2D eigenvalue weighted by Crippen LogP contribution is -2.54. The van der Waals surface area contributed by atoms with Crippen molar-refractivity contribution in [2.75, 3.05) is 44.6 Å². The van der Waals surface area contributed by atoms with Crippen molar-refractivity contribution in [1.82, 2.24) is 10.2 Å². The molecule has 3 N–H and O–H groups in total. The molecule has 1 saturated heterocycles. The summed E-state index contributed by atoms with van der Waals surface area (Å²) in [5.41, 5.74) is 2.20. The van der Waals surface area contributed by atoms with Crippen LogP contribution in [0.15, 0.2) is 18.2 Å². The van der Waals surface area contributed by atoms with Crippen molar-refractivity contribution >= 4 is 5.69 Å². The molecule has 144 valence electrons. The van der Waals surface area contributed by atoms with Crippen LogP contribution < -0.4 is 15.4 Å². The third-order valence-electron chi connectivity index (χ3n) is 5.92. The highest BCUT2D eigenvalue weighted by Crippen LogP contribution is 2.39. The number of rotatable bonds is 7. The zero-order valence-corrected chi connectivity index (χ0v) is 15.5. The lowest BCUT2D eigenvalue weighted by atomic mass is 9.89. The number of benzene rings is 1. The van der Waals surface area contributed by atoms with E-state index in [4.69, 9.17) is 14.6 Å². The molecule has 2 aliphatic heterocycles. The van der Waals surface area contributed by atoms with Crippen molar-refractivity contribution in [2.45, 2.75) is 50.5 Å². The van der Waals surface area contributed by atoms with Crippen LogP contribution >= 0.6 is 0 Å². The van der Waals surface area contributed by atoms with Crippen LogP contribution in [0.3, 0.4) is 0 Å². The molecule has 6 nitrogen and oxygen atoms in total. The number of likely N-dealkylation sites (tertiary alicyclic amines) is 1. The van der Waals surface area contributed by atoms with Gasteiger partial charge in [0, 0.05) is 62.9 Å². The van der Waals surface area contributed by atoms with Gasteiger partial charge in [-0.1, -0.05) is 6.42 Å². The highest BCUT2D eigenvalue weighted by Gasteiger charge is 2.42. The molecule has 0 radical (unpaired) electrons. The molecule has 1 spiro atoms. The second kappa shape index (κ2) is 8.13. The van der Waals surface area contributed by atoms with Gasteiger partial charge in [0.05, 0.1) is 13.2 Å². The highest BCUT2D eigenvalue weighted by atomic mass is 16.7. The molecule has 4 rings (SSSR count). The van der Waals surface area contributed by atoms with Gasteiger partial charge in [0.25, 0.3) is 0 Å². The van der Waals surface area contributed by atoms with Crippen LogP contribution in [0.25, 0.3) is 0 Å². The first-order chi connectivity index (χ1) is 12.8. The zero-order valence-electron chi connectivity index (χ0n) is 15.5. The number of nitrogens with zero attached hydrogens (tertiary/aromatic N) is 1. The Labute approximate surface area is 155 Å². The normalized spacial score (nSPS) is 22.5. The van der Waals surface area contributed by atoms with Crippen LogP contribution in [0.5, 0.6) is 5.75 Å². The van der Waals surface area contributed by atoms with Crippen LogP contribution in [0.4, 0.5) is 5.69 Å². The number of hydrogen-bond donors (Lipinski definition) is 3. The molecule has 1 saturated carbocycles. The average molecular weight is 361 g/mol. The number of fused-ring (bicyclic) bond motifs is 1. The van der Waals surface area contributed by atoms with Crippen LogP contribution in [-0.2, 0) is 11.3 Å². The van der Waals surface area contributed by atoms with Crippen molar-refractivity contribution in [3.63, 3.8) is 0 Å². The first kappa shape index (κ1) is 18.0. The monoisotopic (exact) mass is 361 g/mol. The Morgan fingerprint density at radius 1 is 1.15 bits per heavy atom.